The van der Waals surface area contributed by atoms with Gasteiger partial charge >= 0.3 is 0 Å². The third-order valence-electron chi connectivity index (χ3n) is 6.34. The quantitative estimate of drug-likeness (QED) is 0.207. The second kappa shape index (κ2) is 13.9. The van der Waals surface area contributed by atoms with E-state index in [0.29, 0.717) is 55.2 Å². The number of carbonyl (C=O) groups is 2. The monoisotopic (exact) mass is 543 g/mol. The minimum Gasteiger partial charge on any atom is -0.497 e. The van der Waals surface area contributed by atoms with Crippen LogP contribution in [-0.2, 0) is 27.2 Å². The number of primary amides is 1. The highest BCUT2D eigenvalue weighted by Gasteiger charge is 2.21. The molecule has 2 heterocycles. The van der Waals surface area contributed by atoms with Gasteiger partial charge in [-0.15, -0.1) is 0 Å². The van der Waals surface area contributed by atoms with Crippen LogP contribution >= 0.6 is 0 Å². The van der Waals surface area contributed by atoms with Gasteiger partial charge in [-0.2, -0.15) is 5.10 Å². The number of amides is 2. The molecule has 4 N–H and O–H groups in total. The van der Waals surface area contributed by atoms with Crippen LogP contribution in [-0.4, -0.2) is 58.1 Å². The normalized spacial score (nSPS) is 11.6. The Balaban J connectivity index is 1.32. The van der Waals surface area contributed by atoms with Gasteiger partial charge in [-0.05, 0) is 36.2 Å². The molecule has 0 aliphatic carbocycles. The Kier molecular flexibility index (Phi) is 9.84. The summed E-state index contributed by atoms with van der Waals surface area (Å²) in [5.74, 6) is -0.191. The van der Waals surface area contributed by atoms with E-state index in [0.717, 1.165) is 11.1 Å². The lowest BCUT2D eigenvalue weighted by Crippen LogP contribution is -2.45. The molecule has 40 heavy (non-hydrogen) atoms. The summed E-state index contributed by atoms with van der Waals surface area (Å²) in [6, 6.07) is 19.6. The van der Waals surface area contributed by atoms with E-state index in [-0.39, 0.29) is 18.2 Å². The Morgan fingerprint density at radius 3 is 2.62 bits per heavy atom. The number of carbonyl (C=O) groups excluding carboxylic acids is 2. The van der Waals surface area contributed by atoms with Crippen molar-refractivity contribution in [2.24, 2.45) is 5.73 Å². The van der Waals surface area contributed by atoms with Crippen molar-refractivity contribution < 1.29 is 24.2 Å². The predicted octanol–water partition coefficient (Wildman–Crippen LogP) is 3.20. The van der Waals surface area contributed by atoms with Gasteiger partial charge in [-0.3, -0.25) is 14.6 Å². The van der Waals surface area contributed by atoms with Crippen LogP contribution in [0.2, 0.25) is 0 Å². The van der Waals surface area contributed by atoms with E-state index in [1.807, 2.05) is 60.7 Å². The van der Waals surface area contributed by atoms with Crippen molar-refractivity contribution in [3.05, 3.63) is 90.3 Å². The Morgan fingerprint density at radius 2 is 1.90 bits per heavy atom. The molecule has 4 aromatic rings. The number of nitrogens with zero attached hydrogens (tertiary/aromatic N) is 3. The molecule has 4 rings (SSSR count). The first-order chi connectivity index (χ1) is 19.5. The van der Waals surface area contributed by atoms with E-state index in [4.69, 9.17) is 15.2 Å². The molecular weight excluding hydrogens is 510 g/mol. The topological polar surface area (TPSA) is 142 Å². The van der Waals surface area contributed by atoms with Gasteiger partial charge in [0.25, 0.3) is 0 Å². The summed E-state index contributed by atoms with van der Waals surface area (Å²) in [5, 5.41) is 18.5. The third-order valence-corrected chi connectivity index (χ3v) is 6.34. The molecule has 0 bridgehead atoms. The molecule has 0 aliphatic heterocycles. The number of rotatable bonds is 14. The van der Waals surface area contributed by atoms with Crippen LogP contribution in [0.3, 0.4) is 0 Å². The van der Waals surface area contributed by atoms with E-state index in [1.165, 1.54) is 4.68 Å². The predicted molar refractivity (Wildman–Crippen MR) is 150 cm³/mol. The van der Waals surface area contributed by atoms with Crippen LogP contribution in [0.5, 0.6) is 11.6 Å². The van der Waals surface area contributed by atoms with Crippen LogP contribution < -0.4 is 15.8 Å². The molecule has 10 nitrogen and oxygen atoms in total. The SMILES string of the molecule is COc1cccc(-n2nc(-c3cccnc3)c(CCOCCCC(=O)NC(Cc3ccccc3)C(N)=O)c2O)c1. The minimum absolute atomic E-state index is 0.00555. The lowest BCUT2D eigenvalue weighted by atomic mass is 10.1. The highest BCUT2D eigenvalue weighted by molar-refractivity contribution is 5.86. The van der Waals surface area contributed by atoms with Gasteiger partial charge in [-0.25, -0.2) is 4.68 Å². The summed E-state index contributed by atoms with van der Waals surface area (Å²) in [6.07, 6.45) is 4.76. The standard InChI is InChI=1S/C30H33N5O5/c1-39-24-12-5-11-23(19-24)35-30(38)25(28(34-35)22-10-6-15-32-20-22)14-17-40-16-7-13-27(36)33-26(29(31)37)18-21-8-3-2-4-9-21/h2-6,8-12,15,19-20,26,38H,7,13-14,16-18H2,1H3,(H2,31,37)(H,33,36). The van der Waals surface area contributed by atoms with Crippen LogP contribution in [0.1, 0.15) is 24.0 Å². The van der Waals surface area contributed by atoms with Crippen molar-refractivity contribution >= 4 is 11.8 Å². The highest BCUT2D eigenvalue weighted by Crippen LogP contribution is 2.32. The van der Waals surface area contributed by atoms with Gasteiger partial charge in [0.2, 0.25) is 17.7 Å². The Morgan fingerprint density at radius 1 is 1.07 bits per heavy atom. The van der Waals surface area contributed by atoms with E-state index in [1.54, 1.807) is 25.6 Å². The van der Waals surface area contributed by atoms with Crippen LogP contribution in [0.25, 0.3) is 16.9 Å². The lowest BCUT2D eigenvalue weighted by molar-refractivity contribution is -0.127. The maximum Gasteiger partial charge on any atom is 0.240 e. The fraction of sp³-hybridized carbons (Fsp3) is 0.267. The molecule has 2 aromatic carbocycles. The van der Waals surface area contributed by atoms with Crippen molar-refractivity contribution in [3.8, 4) is 28.6 Å². The van der Waals surface area contributed by atoms with Gasteiger partial charge in [0.1, 0.15) is 17.5 Å². The number of nitrogens with two attached hydrogens (primary N) is 1. The lowest BCUT2D eigenvalue weighted by Gasteiger charge is -2.15. The maximum atomic E-state index is 12.4. The first-order valence-electron chi connectivity index (χ1n) is 13.0. The number of hydrogen-bond acceptors (Lipinski definition) is 7. The molecule has 2 amide bonds. The number of aromatic nitrogens is 3. The van der Waals surface area contributed by atoms with Crippen LogP contribution in [0, 0.1) is 0 Å². The Hall–Kier alpha value is -4.70. The Bertz CT molecular complexity index is 1410. The number of aromatic hydroxyl groups is 1. The van der Waals surface area contributed by atoms with Gasteiger partial charge < -0.3 is 25.6 Å². The molecule has 1 atom stereocenters. The second-order valence-electron chi connectivity index (χ2n) is 9.18. The molecule has 0 radical (unpaired) electrons. The summed E-state index contributed by atoms with van der Waals surface area (Å²) in [7, 11) is 1.58. The van der Waals surface area contributed by atoms with Gasteiger partial charge in [0.05, 0.1) is 19.4 Å². The smallest absolute Gasteiger partial charge is 0.240 e. The zero-order chi connectivity index (χ0) is 28.3. The molecule has 2 aromatic heterocycles. The molecule has 1 unspecified atom stereocenters. The molecule has 0 saturated carbocycles. The highest BCUT2D eigenvalue weighted by atomic mass is 16.5. The van der Waals surface area contributed by atoms with Crippen molar-refractivity contribution in [1.82, 2.24) is 20.1 Å². The fourth-order valence-corrected chi connectivity index (χ4v) is 4.28. The summed E-state index contributed by atoms with van der Waals surface area (Å²) >= 11 is 0. The number of pyridine rings is 1. The zero-order valence-electron chi connectivity index (χ0n) is 22.3. The summed E-state index contributed by atoms with van der Waals surface area (Å²) in [6.45, 7) is 0.643. The molecule has 0 aliphatic rings. The van der Waals surface area contributed by atoms with Crippen molar-refractivity contribution in [3.63, 3.8) is 0 Å². The first-order valence-corrected chi connectivity index (χ1v) is 13.0. The molecule has 0 fully saturated rings. The van der Waals surface area contributed by atoms with Crippen molar-refractivity contribution in [1.29, 1.82) is 0 Å². The molecule has 208 valence electrons. The summed E-state index contributed by atoms with van der Waals surface area (Å²) in [4.78, 5) is 28.4. The van der Waals surface area contributed by atoms with Gasteiger partial charge in [-0.1, -0.05) is 36.4 Å². The first kappa shape index (κ1) is 28.3. The van der Waals surface area contributed by atoms with Crippen molar-refractivity contribution in [2.75, 3.05) is 20.3 Å². The van der Waals surface area contributed by atoms with Gasteiger partial charge in [0, 0.05) is 55.5 Å². The van der Waals surface area contributed by atoms with Crippen LogP contribution in [0.15, 0.2) is 79.1 Å². The molecule has 10 heteroatoms. The van der Waals surface area contributed by atoms with E-state index in [9.17, 15) is 14.7 Å². The van der Waals surface area contributed by atoms with E-state index >= 15 is 0 Å². The summed E-state index contributed by atoms with van der Waals surface area (Å²) in [5.41, 5.74) is 9.05. The average molecular weight is 544 g/mol. The van der Waals surface area contributed by atoms with Gasteiger partial charge in [0.15, 0.2) is 0 Å². The average Bonchev–Trinajstić information content (AvgIpc) is 3.31. The molecule has 0 saturated heterocycles. The largest absolute Gasteiger partial charge is 0.497 e. The fourth-order valence-electron chi connectivity index (χ4n) is 4.28. The third kappa shape index (κ3) is 7.45. The number of benzene rings is 2. The number of methoxy groups -OCH3 is 1. The van der Waals surface area contributed by atoms with E-state index < -0.39 is 11.9 Å². The van der Waals surface area contributed by atoms with E-state index in [2.05, 4.69) is 15.4 Å². The minimum atomic E-state index is -0.772. The second-order valence-corrected chi connectivity index (χ2v) is 9.18. The maximum absolute atomic E-state index is 12.4. The molecule has 0 spiro atoms. The number of hydrogen-bond donors (Lipinski definition) is 3. The van der Waals surface area contributed by atoms with Crippen LogP contribution in [0.4, 0.5) is 0 Å². The Labute approximate surface area is 232 Å². The summed E-state index contributed by atoms with van der Waals surface area (Å²) < 4.78 is 12.6. The number of ether oxygens (including phenoxy) is 2. The number of nitrogens with one attached hydrogen (secondary N) is 1. The molecular formula is C30H33N5O5. The van der Waals surface area contributed by atoms with Crippen molar-refractivity contribution in [2.45, 2.75) is 31.7 Å². The zero-order valence-corrected chi connectivity index (χ0v) is 22.3.